The van der Waals surface area contributed by atoms with Gasteiger partial charge < -0.3 is 10.0 Å². The SMILES string of the molecule is O=C(O)c1ccc(N(CC2CC2)CC2CC2)c(Br)c1. The lowest BCUT2D eigenvalue weighted by molar-refractivity contribution is 0.0697. The second-order valence-electron chi connectivity index (χ2n) is 5.76. The Morgan fingerprint density at radius 3 is 2.21 bits per heavy atom. The van der Waals surface area contributed by atoms with Crippen molar-refractivity contribution >= 4 is 27.6 Å². The van der Waals surface area contributed by atoms with Gasteiger partial charge in [-0.25, -0.2) is 4.79 Å². The van der Waals surface area contributed by atoms with Crippen molar-refractivity contribution in [2.45, 2.75) is 25.7 Å². The molecule has 0 spiro atoms. The largest absolute Gasteiger partial charge is 0.478 e. The predicted molar refractivity (Wildman–Crippen MR) is 78.8 cm³/mol. The van der Waals surface area contributed by atoms with Gasteiger partial charge in [-0.2, -0.15) is 0 Å². The minimum atomic E-state index is -0.872. The van der Waals surface area contributed by atoms with Crippen molar-refractivity contribution in [1.29, 1.82) is 0 Å². The number of hydrogen-bond donors (Lipinski definition) is 1. The molecule has 0 atom stereocenters. The zero-order valence-electron chi connectivity index (χ0n) is 10.8. The van der Waals surface area contributed by atoms with Gasteiger partial charge in [-0.15, -0.1) is 0 Å². The van der Waals surface area contributed by atoms with E-state index < -0.39 is 5.97 Å². The van der Waals surface area contributed by atoms with E-state index in [0.717, 1.165) is 35.1 Å². The number of anilines is 1. The minimum Gasteiger partial charge on any atom is -0.478 e. The topological polar surface area (TPSA) is 40.5 Å². The number of aromatic carboxylic acids is 1. The lowest BCUT2D eigenvalue weighted by atomic mass is 10.2. The Morgan fingerprint density at radius 1 is 1.21 bits per heavy atom. The fraction of sp³-hybridized carbons (Fsp3) is 0.533. The summed E-state index contributed by atoms with van der Waals surface area (Å²) < 4.78 is 0.897. The van der Waals surface area contributed by atoms with Gasteiger partial charge in [0.2, 0.25) is 0 Å². The van der Waals surface area contributed by atoms with Crippen molar-refractivity contribution in [2.75, 3.05) is 18.0 Å². The molecule has 0 heterocycles. The number of hydrogen-bond acceptors (Lipinski definition) is 2. The number of carboxylic acid groups (broad SMARTS) is 1. The molecule has 1 N–H and O–H groups in total. The van der Waals surface area contributed by atoms with Crippen LogP contribution in [0.3, 0.4) is 0 Å². The van der Waals surface area contributed by atoms with E-state index in [2.05, 4.69) is 20.8 Å². The van der Waals surface area contributed by atoms with Crippen LogP contribution in [0.4, 0.5) is 5.69 Å². The van der Waals surface area contributed by atoms with Gasteiger partial charge in [0.15, 0.2) is 0 Å². The number of carbonyl (C=O) groups is 1. The average Bonchev–Trinajstić information content (AvgIpc) is 3.23. The zero-order valence-corrected chi connectivity index (χ0v) is 12.4. The van der Waals surface area contributed by atoms with Crippen LogP contribution in [0.1, 0.15) is 36.0 Å². The third-order valence-electron chi connectivity index (χ3n) is 3.89. The van der Waals surface area contributed by atoms with Gasteiger partial charge >= 0.3 is 5.97 Å². The summed E-state index contributed by atoms with van der Waals surface area (Å²) in [5.41, 5.74) is 1.48. The molecule has 1 aromatic rings. The first-order valence-corrected chi connectivity index (χ1v) is 7.70. The van der Waals surface area contributed by atoms with Gasteiger partial charge in [0.25, 0.3) is 0 Å². The molecule has 4 heteroatoms. The van der Waals surface area contributed by atoms with Gasteiger partial charge in [0.05, 0.1) is 11.3 Å². The molecular formula is C15H18BrNO2. The monoisotopic (exact) mass is 323 g/mol. The molecule has 102 valence electrons. The smallest absolute Gasteiger partial charge is 0.335 e. The Hall–Kier alpha value is -1.03. The van der Waals surface area contributed by atoms with Crippen LogP contribution >= 0.6 is 15.9 Å². The Kier molecular flexibility index (Phi) is 3.52. The van der Waals surface area contributed by atoms with Crippen molar-refractivity contribution in [3.05, 3.63) is 28.2 Å². The molecule has 0 aromatic heterocycles. The van der Waals surface area contributed by atoms with E-state index in [1.807, 2.05) is 6.07 Å². The Labute approximate surface area is 121 Å². The van der Waals surface area contributed by atoms with Crippen molar-refractivity contribution in [1.82, 2.24) is 0 Å². The second kappa shape index (κ2) is 5.16. The molecule has 2 saturated carbocycles. The predicted octanol–water partition coefficient (Wildman–Crippen LogP) is 3.77. The molecule has 0 amide bonds. The van der Waals surface area contributed by atoms with Crippen LogP contribution < -0.4 is 4.90 Å². The molecule has 19 heavy (non-hydrogen) atoms. The molecule has 0 radical (unpaired) electrons. The summed E-state index contributed by atoms with van der Waals surface area (Å²) in [5, 5.41) is 9.02. The van der Waals surface area contributed by atoms with Crippen LogP contribution in [-0.2, 0) is 0 Å². The summed E-state index contributed by atoms with van der Waals surface area (Å²) in [5.74, 6) is 0.804. The molecule has 3 nitrogen and oxygen atoms in total. The van der Waals surface area contributed by atoms with Crippen LogP contribution in [0.15, 0.2) is 22.7 Å². The van der Waals surface area contributed by atoms with E-state index in [1.54, 1.807) is 12.1 Å². The van der Waals surface area contributed by atoms with E-state index in [1.165, 1.54) is 25.7 Å². The lowest BCUT2D eigenvalue weighted by Crippen LogP contribution is -2.28. The normalized spacial score (nSPS) is 18.4. The maximum Gasteiger partial charge on any atom is 0.335 e. The van der Waals surface area contributed by atoms with E-state index in [0.29, 0.717) is 5.56 Å². The van der Waals surface area contributed by atoms with Crippen LogP contribution in [0.2, 0.25) is 0 Å². The highest BCUT2D eigenvalue weighted by molar-refractivity contribution is 9.10. The molecule has 0 unspecified atom stereocenters. The van der Waals surface area contributed by atoms with E-state index in [4.69, 9.17) is 5.11 Å². The Bertz CT molecular complexity index is 481. The first-order chi connectivity index (χ1) is 9.13. The van der Waals surface area contributed by atoms with Crippen molar-refractivity contribution in [2.24, 2.45) is 11.8 Å². The minimum absolute atomic E-state index is 0.341. The molecule has 0 saturated heterocycles. The van der Waals surface area contributed by atoms with Crippen LogP contribution in [0.25, 0.3) is 0 Å². The van der Waals surface area contributed by atoms with Gasteiger partial charge in [-0.3, -0.25) is 0 Å². The zero-order chi connectivity index (χ0) is 13.4. The summed E-state index contributed by atoms with van der Waals surface area (Å²) in [7, 11) is 0. The van der Waals surface area contributed by atoms with Crippen LogP contribution in [0.5, 0.6) is 0 Å². The van der Waals surface area contributed by atoms with Crippen molar-refractivity contribution < 1.29 is 9.90 Å². The highest BCUT2D eigenvalue weighted by Crippen LogP contribution is 2.38. The molecule has 0 aliphatic heterocycles. The highest BCUT2D eigenvalue weighted by Gasteiger charge is 2.30. The fourth-order valence-electron chi connectivity index (χ4n) is 2.39. The molecule has 3 rings (SSSR count). The number of nitrogens with zero attached hydrogens (tertiary/aromatic N) is 1. The first-order valence-electron chi connectivity index (χ1n) is 6.91. The summed E-state index contributed by atoms with van der Waals surface area (Å²) >= 11 is 3.53. The van der Waals surface area contributed by atoms with E-state index in [-0.39, 0.29) is 0 Å². The standard InChI is InChI=1S/C15H18BrNO2/c16-13-7-12(15(18)19)5-6-14(13)17(8-10-1-2-10)9-11-3-4-11/h5-7,10-11H,1-4,8-9H2,(H,18,19). The molecular weight excluding hydrogens is 306 g/mol. The maximum absolute atomic E-state index is 11.0. The van der Waals surface area contributed by atoms with Crippen molar-refractivity contribution in [3.8, 4) is 0 Å². The van der Waals surface area contributed by atoms with Gasteiger partial charge in [-0.05, 0) is 71.6 Å². The molecule has 2 aliphatic rings. The third kappa shape index (κ3) is 3.30. The molecule has 2 fully saturated rings. The third-order valence-corrected chi connectivity index (χ3v) is 4.52. The number of rotatable bonds is 6. The van der Waals surface area contributed by atoms with Crippen LogP contribution in [-0.4, -0.2) is 24.2 Å². The summed E-state index contributed by atoms with van der Waals surface area (Å²) in [6.45, 7) is 2.23. The van der Waals surface area contributed by atoms with Crippen LogP contribution in [0, 0.1) is 11.8 Å². The first kappa shape index (κ1) is 13.0. The number of carboxylic acids is 1. The average molecular weight is 324 g/mol. The number of halogens is 1. The summed E-state index contributed by atoms with van der Waals surface area (Å²) in [4.78, 5) is 13.4. The van der Waals surface area contributed by atoms with E-state index >= 15 is 0 Å². The molecule has 0 bridgehead atoms. The van der Waals surface area contributed by atoms with Gasteiger partial charge in [-0.1, -0.05) is 0 Å². The summed E-state index contributed by atoms with van der Waals surface area (Å²) in [6, 6.07) is 5.36. The quantitative estimate of drug-likeness (QED) is 0.866. The fourth-order valence-corrected chi connectivity index (χ4v) is 3.02. The second-order valence-corrected chi connectivity index (χ2v) is 6.62. The van der Waals surface area contributed by atoms with Gasteiger partial charge in [0, 0.05) is 17.6 Å². The lowest BCUT2D eigenvalue weighted by Gasteiger charge is -2.26. The molecule has 2 aliphatic carbocycles. The van der Waals surface area contributed by atoms with Crippen molar-refractivity contribution in [3.63, 3.8) is 0 Å². The highest BCUT2D eigenvalue weighted by atomic mass is 79.9. The maximum atomic E-state index is 11.0. The van der Waals surface area contributed by atoms with E-state index in [9.17, 15) is 4.79 Å². The number of benzene rings is 1. The Balaban J connectivity index is 1.80. The summed E-state index contributed by atoms with van der Waals surface area (Å²) in [6.07, 6.45) is 5.36. The molecule has 1 aromatic carbocycles. The Morgan fingerprint density at radius 2 is 1.79 bits per heavy atom. The van der Waals surface area contributed by atoms with Gasteiger partial charge in [0.1, 0.15) is 0 Å².